The van der Waals surface area contributed by atoms with Crippen molar-refractivity contribution >= 4 is 17.7 Å². The fraction of sp³-hybridized carbons (Fsp3) is 0.269. The minimum absolute atomic E-state index is 0.423. The number of hydroxylamine groups is 1. The van der Waals surface area contributed by atoms with Gasteiger partial charge in [-0.15, -0.1) is 0 Å². The van der Waals surface area contributed by atoms with E-state index in [1.807, 2.05) is 85.1 Å². The molecule has 3 aromatic rings. The minimum atomic E-state index is -1.12. The zero-order chi connectivity index (χ0) is 23.7. The first-order valence-corrected chi connectivity index (χ1v) is 11.9. The van der Waals surface area contributed by atoms with E-state index in [4.69, 9.17) is 14.3 Å². The second-order valence-corrected chi connectivity index (χ2v) is 8.38. The topological polar surface area (TPSA) is 77.0 Å². The van der Waals surface area contributed by atoms with E-state index in [0.29, 0.717) is 23.7 Å². The summed E-state index contributed by atoms with van der Waals surface area (Å²) in [6, 6.07) is 24.0. The van der Waals surface area contributed by atoms with Crippen molar-refractivity contribution in [1.82, 2.24) is 5.48 Å². The third-order valence-corrected chi connectivity index (χ3v) is 6.08. The summed E-state index contributed by atoms with van der Waals surface area (Å²) in [6.45, 7) is 0. The van der Waals surface area contributed by atoms with Crippen LogP contribution in [0.15, 0.2) is 78.9 Å². The number of hydrogen-bond acceptors (Lipinski definition) is 6. The summed E-state index contributed by atoms with van der Waals surface area (Å²) in [5, 5.41) is 9.76. The third-order valence-electron chi connectivity index (χ3n) is 5.44. The predicted octanol–water partition coefficient (Wildman–Crippen LogP) is 4.72. The van der Waals surface area contributed by atoms with Crippen LogP contribution in [0.2, 0.25) is 0 Å². The van der Waals surface area contributed by atoms with E-state index in [2.05, 4.69) is 5.48 Å². The van der Waals surface area contributed by atoms with E-state index in [-0.39, 0.29) is 0 Å². The number of rotatable bonds is 12. The molecule has 0 spiro atoms. The molecule has 0 aliphatic carbocycles. The molecule has 0 amide bonds. The van der Waals surface area contributed by atoms with E-state index >= 15 is 0 Å². The molecule has 3 aromatic carbocycles. The van der Waals surface area contributed by atoms with Gasteiger partial charge in [0.2, 0.25) is 0 Å². The Labute approximate surface area is 198 Å². The second-order valence-electron chi connectivity index (χ2n) is 7.40. The van der Waals surface area contributed by atoms with Crippen LogP contribution in [0.4, 0.5) is 0 Å². The quantitative estimate of drug-likeness (QED) is 0.295. The first-order chi connectivity index (χ1) is 16.0. The van der Waals surface area contributed by atoms with Gasteiger partial charge >= 0.3 is 5.97 Å². The predicted molar refractivity (Wildman–Crippen MR) is 131 cm³/mol. The van der Waals surface area contributed by atoms with Crippen LogP contribution in [0.1, 0.15) is 23.1 Å². The summed E-state index contributed by atoms with van der Waals surface area (Å²) in [4.78, 5) is 18.3. The Morgan fingerprint density at radius 3 is 1.79 bits per heavy atom. The lowest BCUT2D eigenvalue weighted by molar-refractivity contribution is -0.149. The van der Waals surface area contributed by atoms with Gasteiger partial charge in [-0.25, -0.2) is 0 Å². The highest BCUT2D eigenvalue weighted by atomic mass is 32.2. The largest absolute Gasteiger partial charge is 0.497 e. The van der Waals surface area contributed by atoms with Crippen LogP contribution in [0, 0.1) is 0 Å². The molecule has 0 aromatic heterocycles. The highest BCUT2D eigenvalue weighted by Crippen LogP contribution is 2.41. The number of methoxy groups -OCH3 is 2. The van der Waals surface area contributed by atoms with Crippen molar-refractivity contribution in [3.05, 3.63) is 95.6 Å². The average Bonchev–Trinajstić information content (AvgIpc) is 2.87. The van der Waals surface area contributed by atoms with Crippen LogP contribution in [0.5, 0.6) is 11.5 Å². The Kier molecular flexibility index (Phi) is 8.77. The molecule has 7 heteroatoms. The minimum Gasteiger partial charge on any atom is -0.497 e. The van der Waals surface area contributed by atoms with Gasteiger partial charge in [0.25, 0.3) is 0 Å². The van der Waals surface area contributed by atoms with Gasteiger partial charge in [-0.1, -0.05) is 54.6 Å². The van der Waals surface area contributed by atoms with Crippen LogP contribution in [0.3, 0.4) is 0 Å². The van der Waals surface area contributed by atoms with Gasteiger partial charge in [-0.05, 0) is 59.4 Å². The van der Waals surface area contributed by atoms with Gasteiger partial charge in [-0.2, -0.15) is 17.2 Å². The van der Waals surface area contributed by atoms with Gasteiger partial charge in [0.15, 0.2) is 5.60 Å². The van der Waals surface area contributed by atoms with E-state index in [9.17, 15) is 9.90 Å². The van der Waals surface area contributed by atoms with Crippen LogP contribution < -0.4 is 15.0 Å². The maximum Gasteiger partial charge on any atom is 0.323 e. The summed E-state index contributed by atoms with van der Waals surface area (Å²) in [5.41, 5.74) is 4.24. The van der Waals surface area contributed by atoms with Gasteiger partial charge in [-0.3, -0.25) is 9.63 Å². The molecule has 1 atom stereocenters. The summed E-state index contributed by atoms with van der Waals surface area (Å²) in [5.74, 6) is 1.16. The van der Waals surface area contributed by atoms with Crippen LogP contribution in [-0.4, -0.2) is 43.3 Å². The molecule has 0 radical (unpaired) electrons. The molecule has 33 heavy (non-hydrogen) atoms. The van der Waals surface area contributed by atoms with Crippen molar-refractivity contribution in [3.8, 4) is 11.5 Å². The van der Waals surface area contributed by atoms with Crippen molar-refractivity contribution in [2.45, 2.75) is 18.1 Å². The molecular formula is C26H29NO5S. The number of ether oxygens (including phenoxy) is 2. The molecule has 0 aliphatic heterocycles. The van der Waals surface area contributed by atoms with E-state index in [1.165, 1.54) is 0 Å². The van der Waals surface area contributed by atoms with Crippen molar-refractivity contribution in [3.63, 3.8) is 0 Å². The molecule has 6 nitrogen and oxygen atoms in total. The first kappa shape index (κ1) is 24.6. The summed E-state index contributed by atoms with van der Waals surface area (Å²) >= 11 is 1.59. The molecule has 0 saturated heterocycles. The lowest BCUT2D eigenvalue weighted by Gasteiger charge is -2.36. The van der Waals surface area contributed by atoms with Gasteiger partial charge in [0.1, 0.15) is 17.5 Å². The Hall–Kier alpha value is -3.00. The fourth-order valence-electron chi connectivity index (χ4n) is 3.63. The summed E-state index contributed by atoms with van der Waals surface area (Å²) < 4.78 is 10.7. The maximum atomic E-state index is 11.9. The van der Waals surface area contributed by atoms with Gasteiger partial charge < -0.3 is 14.6 Å². The molecule has 0 saturated carbocycles. The van der Waals surface area contributed by atoms with Crippen molar-refractivity contribution in [2.24, 2.45) is 0 Å². The SMILES string of the molecule is COc1ccc(C(ON[C@@H](CCSC)C(=O)O)(c2ccccc2)c2ccc(OC)cc2)cc1. The first-order valence-electron chi connectivity index (χ1n) is 10.5. The van der Waals surface area contributed by atoms with Crippen LogP contribution in [0.25, 0.3) is 0 Å². The van der Waals surface area contributed by atoms with Gasteiger partial charge in [0, 0.05) is 0 Å². The van der Waals surface area contributed by atoms with Crippen LogP contribution >= 0.6 is 11.8 Å². The average molecular weight is 468 g/mol. The number of carboxylic acids is 1. The molecular weight excluding hydrogens is 438 g/mol. The summed E-state index contributed by atoms with van der Waals surface area (Å²) in [6.07, 6.45) is 2.37. The molecule has 2 N–H and O–H groups in total. The lowest BCUT2D eigenvalue weighted by atomic mass is 9.80. The van der Waals surface area contributed by atoms with E-state index in [1.54, 1.807) is 26.0 Å². The fourth-order valence-corrected chi connectivity index (χ4v) is 4.10. The van der Waals surface area contributed by atoms with Crippen LogP contribution in [-0.2, 0) is 15.2 Å². The zero-order valence-corrected chi connectivity index (χ0v) is 19.8. The van der Waals surface area contributed by atoms with Gasteiger partial charge in [0.05, 0.1) is 14.2 Å². The van der Waals surface area contributed by atoms with Crippen molar-refractivity contribution < 1.29 is 24.2 Å². The van der Waals surface area contributed by atoms with Crippen molar-refractivity contribution in [2.75, 3.05) is 26.2 Å². The van der Waals surface area contributed by atoms with Crippen molar-refractivity contribution in [1.29, 1.82) is 0 Å². The smallest absolute Gasteiger partial charge is 0.323 e. The number of nitrogens with one attached hydrogen (secondary N) is 1. The summed E-state index contributed by atoms with van der Waals surface area (Å²) in [7, 11) is 3.23. The maximum absolute atomic E-state index is 11.9. The Morgan fingerprint density at radius 2 is 1.36 bits per heavy atom. The second kappa shape index (κ2) is 11.7. The Balaban J connectivity index is 2.16. The number of hydrogen-bond donors (Lipinski definition) is 2. The number of benzene rings is 3. The molecule has 174 valence electrons. The standard InChI is InChI=1S/C26H29NO5S/c1-30-22-13-9-20(10-14-22)26(19-7-5-4-6-8-19,21-11-15-23(31-2)16-12-21)32-27-24(25(28)29)17-18-33-3/h4-16,24,27H,17-18H2,1-3H3,(H,28,29)/t24-/m0/s1. The normalized spacial score (nSPS) is 12.2. The molecule has 0 bridgehead atoms. The Morgan fingerprint density at radius 1 is 0.879 bits per heavy atom. The number of carbonyl (C=O) groups is 1. The van der Waals surface area contributed by atoms with E-state index in [0.717, 1.165) is 16.7 Å². The Bertz CT molecular complexity index is 962. The highest BCUT2D eigenvalue weighted by Gasteiger charge is 2.39. The monoisotopic (exact) mass is 467 g/mol. The number of thioether (sulfide) groups is 1. The zero-order valence-electron chi connectivity index (χ0n) is 19.0. The molecule has 0 aliphatic rings. The molecule has 0 fully saturated rings. The number of carboxylic acid groups (broad SMARTS) is 1. The van der Waals surface area contributed by atoms with E-state index < -0.39 is 17.6 Å². The lowest BCUT2D eigenvalue weighted by Crippen LogP contribution is -2.45. The molecule has 0 heterocycles. The molecule has 0 unspecified atom stereocenters. The third kappa shape index (κ3) is 5.68. The molecule has 3 rings (SSSR count). The number of aliphatic carboxylic acids is 1. The highest BCUT2D eigenvalue weighted by molar-refractivity contribution is 7.98.